The molecule has 2 aliphatic heterocycles. The molecule has 1 fully saturated rings. The highest BCUT2D eigenvalue weighted by atomic mass is 32.2. The number of benzene rings is 1. The molecule has 1 amide bonds. The van der Waals surface area contributed by atoms with E-state index in [1.165, 1.54) is 23.5 Å². The van der Waals surface area contributed by atoms with Gasteiger partial charge in [-0.25, -0.2) is 0 Å². The lowest BCUT2D eigenvalue weighted by atomic mass is 10.1. The van der Waals surface area contributed by atoms with E-state index < -0.39 is 0 Å². The number of carbonyl (C=O) groups is 1. The zero-order valence-electron chi connectivity index (χ0n) is 13.5. The van der Waals surface area contributed by atoms with Crippen LogP contribution in [0.15, 0.2) is 42.6 Å². The average Bonchev–Trinajstić information content (AvgIpc) is 2.68. The van der Waals surface area contributed by atoms with E-state index in [0.29, 0.717) is 4.58 Å². The Kier molecular flexibility index (Phi) is 4.81. The lowest BCUT2D eigenvalue weighted by Gasteiger charge is -2.29. The summed E-state index contributed by atoms with van der Waals surface area (Å²) in [6.07, 6.45) is 5.03. The predicted molar refractivity (Wildman–Crippen MR) is 103 cm³/mol. The van der Waals surface area contributed by atoms with E-state index in [4.69, 9.17) is 0 Å². The Bertz CT molecular complexity index is 726. The Morgan fingerprint density at radius 1 is 1.08 bits per heavy atom. The molecule has 2 aliphatic rings. The normalized spacial score (nSPS) is 18.2. The quantitative estimate of drug-likeness (QED) is 0.791. The van der Waals surface area contributed by atoms with Crippen LogP contribution in [0.5, 0.6) is 0 Å². The highest BCUT2D eigenvalue weighted by Crippen LogP contribution is 2.43. The number of pyridine rings is 1. The molecule has 3 heterocycles. The van der Waals surface area contributed by atoms with Gasteiger partial charge in [0, 0.05) is 18.3 Å². The minimum Gasteiger partial charge on any atom is -0.307 e. The third kappa shape index (κ3) is 3.20. The molecule has 1 aromatic carbocycles. The fraction of sp³-hybridized carbons (Fsp3) is 0.368. The molecule has 0 unspecified atom stereocenters. The molecule has 1 saturated heterocycles. The van der Waals surface area contributed by atoms with Gasteiger partial charge in [0.25, 0.3) is 5.91 Å². The molecule has 24 heavy (non-hydrogen) atoms. The molecule has 0 bridgehead atoms. The van der Waals surface area contributed by atoms with Crippen LogP contribution in [0.25, 0.3) is 0 Å². The molecule has 3 nitrogen and oxygen atoms in total. The van der Waals surface area contributed by atoms with E-state index in [1.807, 2.05) is 52.7 Å². The number of hydrogen-bond acceptors (Lipinski definition) is 4. The largest absolute Gasteiger partial charge is 0.307 e. The topological polar surface area (TPSA) is 33.2 Å². The number of aromatic nitrogens is 1. The van der Waals surface area contributed by atoms with Crippen LogP contribution in [0.1, 0.15) is 39.0 Å². The second-order valence-electron chi connectivity index (χ2n) is 6.08. The Labute approximate surface area is 151 Å². The number of hydrogen-bond donors (Lipinski definition) is 0. The summed E-state index contributed by atoms with van der Waals surface area (Å²) in [4.78, 5) is 19.2. The molecule has 0 spiro atoms. The van der Waals surface area contributed by atoms with Crippen molar-refractivity contribution in [1.29, 1.82) is 0 Å². The van der Waals surface area contributed by atoms with Crippen molar-refractivity contribution in [3.63, 3.8) is 0 Å². The van der Waals surface area contributed by atoms with Crippen molar-refractivity contribution in [3.05, 3.63) is 59.4 Å². The summed E-state index contributed by atoms with van der Waals surface area (Å²) in [6.45, 7) is 0.771. The Morgan fingerprint density at radius 2 is 1.88 bits per heavy atom. The summed E-state index contributed by atoms with van der Waals surface area (Å²) >= 11 is 4.02. The van der Waals surface area contributed by atoms with Gasteiger partial charge in [-0.05, 0) is 60.6 Å². The first-order valence-corrected chi connectivity index (χ1v) is 10.5. The molecule has 124 valence electrons. The molecule has 0 N–H and O–H groups in total. The van der Waals surface area contributed by atoms with Gasteiger partial charge < -0.3 is 4.90 Å². The van der Waals surface area contributed by atoms with Crippen LogP contribution in [-0.4, -0.2) is 28.9 Å². The first kappa shape index (κ1) is 16.0. The van der Waals surface area contributed by atoms with Gasteiger partial charge in [0.15, 0.2) is 0 Å². The molecule has 0 radical (unpaired) electrons. The van der Waals surface area contributed by atoms with E-state index in [-0.39, 0.29) is 5.91 Å². The minimum atomic E-state index is 0.0828. The average molecular weight is 357 g/mol. The number of amides is 1. The van der Waals surface area contributed by atoms with Crippen LogP contribution in [0.4, 0.5) is 5.69 Å². The van der Waals surface area contributed by atoms with Gasteiger partial charge >= 0.3 is 0 Å². The van der Waals surface area contributed by atoms with E-state index in [1.54, 1.807) is 6.20 Å². The van der Waals surface area contributed by atoms with Crippen LogP contribution in [0.2, 0.25) is 0 Å². The van der Waals surface area contributed by atoms with Crippen molar-refractivity contribution in [2.75, 3.05) is 23.0 Å². The number of rotatable bonds is 2. The van der Waals surface area contributed by atoms with Crippen molar-refractivity contribution < 1.29 is 4.79 Å². The summed E-state index contributed by atoms with van der Waals surface area (Å²) in [6, 6.07) is 12.1. The third-order valence-electron chi connectivity index (χ3n) is 4.45. The Morgan fingerprint density at radius 3 is 2.67 bits per heavy atom. The van der Waals surface area contributed by atoms with E-state index >= 15 is 0 Å². The van der Waals surface area contributed by atoms with Crippen molar-refractivity contribution in [2.45, 2.75) is 23.8 Å². The van der Waals surface area contributed by atoms with Gasteiger partial charge in [-0.3, -0.25) is 9.78 Å². The van der Waals surface area contributed by atoms with Crippen LogP contribution < -0.4 is 4.90 Å². The number of fused-ring (bicyclic) bond motifs is 1. The molecule has 0 atom stereocenters. The standard InChI is InChI=1S/C19H20N2OS2/c22-18(21-11-2-4-16-17(21)5-1-10-20-16)14-6-8-15(9-7-14)19-23-12-3-13-24-19/h1,5-10,19H,2-4,11-13H2. The molecule has 5 heteroatoms. The minimum absolute atomic E-state index is 0.0828. The van der Waals surface area contributed by atoms with Crippen molar-refractivity contribution in [3.8, 4) is 0 Å². The molecule has 0 aliphatic carbocycles. The molecule has 1 aromatic heterocycles. The van der Waals surface area contributed by atoms with Crippen LogP contribution >= 0.6 is 23.5 Å². The maximum atomic E-state index is 12.9. The highest BCUT2D eigenvalue weighted by Gasteiger charge is 2.24. The van der Waals surface area contributed by atoms with E-state index in [0.717, 1.165) is 36.3 Å². The highest BCUT2D eigenvalue weighted by molar-refractivity contribution is 8.16. The van der Waals surface area contributed by atoms with Crippen LogP contribution in [0, 0.1) is 0 Å². The van der Waals surface area contributed by atoms with Crippen LogP contribution in [0.3, 0.4) is 0 Å². The molecule has 0 saturated carbocycles. The summed E-state index contributed by atoms with van der Waals surface area (Å²) in [5, 5.41) is 0. The number of thioether (sulfide) groups is 2. The number of carbonyl (C=O) groups excluding carboxylic acids is 1. The SMILES string of the molecule is O=C(c1ccc(C2SCCCS2)cc1)N1CCCc2ncccc21. The van der Waals surface area contributed by atoms with E-state index in [9.17, 15) is 4.79 Å². The zero-order valence-corrected chi connectivity index (χ0v) is 15.1. The molecular formula is C19H20N2OS2. The van der Waals surface area contributed by atoms with Crippen molar-refractivity contribution in [1.82, 2.24) is 4.98 Å². The second-order valence-corrected chi connectivity index (χ2v) is 8.80. The van der Waals surface area contributed by atoms with Gasteiger partial charge in [0.2, 0.25) is 0 Å². The maximum absolute atomic E-state index is 12.9. The van der Waals surface area contributed by atoms with Crippen molar-refractivity contribution in [2.24, 2.45) is 0 Å². The predicted octanol–water partition coefficient (Wildman–Crippen LogP) is 4.54. The smallest absolute Gasteiger partial charge is 0.258 e. The Hall–Kier alpha value is -1.46. The van der Waals surface area contributed by atoms with Gasteiger partial charge in [-0.15, -0.1) is 23.5 Å². The summed E-state index contributed by atoms with van der Waals surface area (Å²) in [5.74, 6) is 2.55. The number of nitrogens with zero attached hydrogens (tertiary/aromatic N) is 2. The second kappa shape index (κ2) is 7.19. The zero-order chi connectivity index (χ0) is 16.4. The molecule has 2 aromatic rings. The molecule has 4 rings (SSSR count). The Balaban J connectivity index is 1.55. The van der Waals surface area contributed by atoms with Crippen molar-refractivity contribution >= 4 is 35.1 Å². The van der Waals surface area contributed by atoms with Crippen LogP contribution in [-0.2, 0) is 6.42 Å². The lowest BCUT2D eigenvalue weighted by molar-refractivity contribution is 0.0985. The first-order chi connectivity index (χ1) is 11.8. The maximum Gasteiger partial charge on any atom is 0.258 e. The first-order valence-electron chi connectivity index (χ1n) is 8.42. The third-order valence-corrected chi connectivity index (χ3v) is 7.47. The van der Waals surface area contributed by atoms with Gasteiger partial charge in [-0.1, -0.05) is 12.1 Å². The monoisotopic (exact) mass is 356 g/mol. The van der Waals surface area contributed by atoms with Gasteiger partial charge in [-0.2, -0.15) is 0 Å². The van der Waals surface area contributed by atoms with Gasteiger partial charge in [0.05, 0.1) is 16.0 Å². The fourth-order valence-electron chi connectivity index (χ4n) is 3.22. The fourth-order valence-corrected chi connectivity index (χ4v) is 6.12. The van der Waals surface area contributed by atoms with E-state index in [2.05, 4.69) is 17.1 Å². The summed E-state index contributed by atoms with van der Waals surface area (Å²) in [5.41, 5.74) is 4.09. The number of aryl methyl sites for hydroxylation is 1. The van der Waals surface area contributed by atoms with Gasteiger partial charge in [0.1, 0.15) is 0 Å². The summed E-state index contributed by atoms with van der Waals surface area (Å²) in [7, 11) is 0. The molecular weight excluding hydrogens is 336 g/mol. The summed E-state index contributed by atoms with van der Waals surface area (Å²) < 4.78 is 0.516. The lowest BCUT2D eigenvalue weighted by Crippen LogP contribution is -2.35. The number of anilines is 1.